The molecule has 4 aliphatic heterocycles. The third-order valence-electron chi connectivity index (χ3n) is 4.01. The molecule has 3 fully saturated rings. The summed E-state index contributed by atoms with van der Waals surface area (Å²) in [6.45, 7) is 8.09. The van der Waals surface area contributed by atoms with Crippen molar-refractivity contribution in [1.29, 1.82) is 0 Å². The molecule has 116 valence electrons. The molecule has 0 N–H and O–H groups in total. The summed E-state index contributed by atoms with van der Waals surface area (Å²) in [5, 5.41) is 0. The zero-order chi connectivity index (χ0) is 15.2. The van der Waals surface area contributed by atoms with Gasteiger partial charge in [-0.3, -0.25) is 19.8 Å². The first-order valence-corrected chi connectivity index (χ1v) is 8.11. The number of piperidine rings is 1. The van der Waals surface area contributed by atoms with E-state index in [1.807, 2.05) is 25.7 Å². The average molecular weight is 357 g/mol. The molecule has 0 saturated carbocycles. The fourth-order valence-electron chi connectivity index (χ4n) is 3.11. The third-order valence-corrected chi connectivity index (χ3v) is 4.46. The van der Waals surface area contributed by atoms with E-state index in [2.05, 4.69) is 30.8 Å². The molecule has 21 heavy (non-hydrogen) atoms. The van der Waals surface area contributed by atoms with E-state index >= 15 is 0 Å². The van der Waals surface area contributed by atoms with Crippen LogP contribution in [0.1, 0.15) is 27.2 Å². The Bertz CT molecular complexity index is 488. The normalized spacial score (nSPS) is 32.5. The number of hydrogen-bond donors (Lipinski definition) is 0. The summed E-state index contributed by atoms with van der Waals surface area (Å²) in [6, 6.07) is 0.506. The van der Waals surface area contributed by atoms with Crippen molar-refractivity contribution in [3.05, 3.63) is 0 Å². The summed E-state index contributed by atoms with van der Waals surface area (Å²) in [5.74, 6) is 0. The van der Waals surface area contributed by atoms with Crippen LogP contribution in [0.15, 0.2) is 9.98 Å². The number of halogens is 1. The van der Waals surface area contributed by atoms with Gasteiger partial charge in [-0.2, -0.15) is 0 Å². The maximum atomic E-state index is 12.2. The van der Waals surface area contributed by atoms with Crippen LogP contribution >= 0.6 is 15.9 Å². The van der Waals surface area contributed by atoms with Gasteiger partial charge in [0.05, 0.1) is 24.8 Å². The molecule has 0 aromatic heterocycles. The van der Waals surface area contributed by atoms with Crippen LogP contribution in [-0.4, -0.2) is 70.2 Å². The van der Waals surface area contributed by atoms with Gasteiger partial charge in [-0.15, -0.1) is 0 Å². The molecule has 4 heterocycles. The number of piperazine rings is 1. The zero-order valence-corrected chi connectivity index (χ0v) is 14.2. The lowest BCUT2D eigenvalue weighted by molar-refractivity contribution is -0.0841. The molecular formula is C14H21BrN4O2. The molecule has 2 bridgehead atoms. The number of carbonyl (C=O) groups excluding carboxylic acids is 1. The highest BCUT2D eigenvalue weighted by Crippen LogP contribution is 2.34. The highest BCUT2D eigenvalue weighted by Gasteiger charge is 2.49. The quantitative estimate of drug-likeness (QED) is 0.720. The Balaban J connectivity index is 1.58. The fourth-order valence-corrected chi connectivity index (χ4v) is 3.38. The topological polar surface area (TPSA) is 57.5 Å². The van der Waals surface area contributed by atoms with Crippen molar-refractivity contribution >= 4 is 32.9 Å². The first-order valence-electron chi connectivity index (χ1n) is 7.32. The lowest BCUT2D eigenvalue weighted by Gasteiger charge is -2.56. The van der Waals surface area contributed by atoms with Crippen LogP contribution in [0.25, 0.3) is 0 Å². The molecule has 4 aliphatic rings. The van der Waals surface area contributed by atoms with Gasteiger partial charge in [-0.05, 0) is 43.1 Å². The van der Waals surface area contributed by atoms with Gasteiger partial charge in [0.25, 0.3) is 0 Å². The Kier molecular flexibility index (Phi) is 3.81. The Morgan fingerprint density at radius 3 is 2.57 bits per heavy atom. The number of rotatable bonds is 1. The molecule has 3 saturated heterocycles. The monoisotopic (exact) mass is 356 g/mol. The van der Waals surface area contributed by atoms with Gasteiger partial charge in [0.15, 0.2) is 0 Å². The summed E-state index contributed by atoms with van der Waals surface area (Å²) in [6.07, 6.45) is 2.76. The molecule has 4 rings (SSSR count). The number of fused-ring (bicyclic) bond motifs is 2. The van der Waals surface area contributed by atoms with E-state index in [-0.39, 0.29) is 24.3 Å². The minimum absolute atomic E-state index is 0.109. The van der Waals surface area contributed by atoms with Crippen LogP contribution in [0.2, 0.25) is 0 Å². The summed E-state index contributed by atoms with van der Waals surface area (Å²) >= 11 is 3.33. The van der Waals surface area contributed by atoms with Crippen LogP contribution in [0.3, 0.4) is 0 Å². The summed E-state index contributed by atoms with van der Waals surface area (Å²) in [5.41, 5.74) is -0.435. The lowest BCUT2D eigenvalue weighted by atomic mass is 9.87. The minimum Gasteiger partial charge on any atom is -0.444 e. The van der Waals surface area contributed by atoms with E-state index in [9.17, 15) is 4.79 Å². The van der Waals surface area contributed by atoms with Gasteiger partial charge in [0, 0.05) is 13.1 Å². The van der Waals surface area contributed by atoms with Gasteiger partial charge in [0.2, 0.25) is 0 Å². The highest BCUT2D eigenvalue weighted by molar-refractivity contribution is 9.19. The van der Waals surface area contributed by atoms with Crippen molar-refractivity contribution in [2.45, 2.75) is 51.0 Å². The molecule has 1 amide bonds. The smallest absolute Gasteiger partial charge is 0.410 e. The van der Waals surface area contributed by atoms with Crippen molar-refractivity contribution in [2.24, 2.45) is 9.98 Å². The van der Waals surface area contributed by atoms with E-state index in [0.717, 1.165) is 24.1 Å². The van der Waals surface area contributed by atoms with Crippen LogP contribution in [0.5, 0.6) is 0 Å². The van der Waals surface area contributed by atoms with Crippen molar-refractivity contribution in [2.75, 3.05) is 19.6 Å². The number of hydrogen-bond acceptors (Lipinski definition) is 5. The number of amides is 1. The molecule has 7 heteroatoms. The van der Waals surface area contributed by atoms with Gasteiger partial charge in [-0.1, -0.05) is 0 Å². The first kappa shape index (κ1) is 15.0. The number of aliphatic imine (C=N–C) groups is 2. The van der Waals surface area contributed by atoms with E-state index in [4.69, 9.17) is 4.74 Å². The van der Waals surface area contributed by atoms with Crippen LogP contribution < -0.4 is 0 Å². The van der Waals surface area contributed by atoms with Crippen molar-refractivity contribution in [3.63, 3.8) is 0 Å². The second-order valence-electron chi connectivity index (χ2n) is 6.81. The van der Waals surface area contributed by atoms with Crippen LogP contribution in [-0.2, 0) is 4.74 Å². The third kappa shape index (κ3) is 3.13. The molecule has 0 aromatic carbocycles. The average Bonchev–Trinajstić information content (AvgIpc) is 2.37. The standard InChI is InChI=1S/C14H21BrN4O2/c1-14(2,3)21-13(20)19-9-4-10(19)8-18(7-9)12-6-16-11(15)5-17-12/h5,9-10,12H,4,6-8H2,1-3H3. The Morgan fingerprint density at radius 1 is 1.38 bits per heavy atom. The summed E-state index contributed by atoms with van der Waals surface area (Å²) < 4.78 is 6.29. The van der Waals surface area contributed by atoms with Crippen LogP contribution in [0, 0.1) is 0 Å². The molecule has 0 aromatic rings. The largest absolute Gasteiger partial charge is 0.444 e. The van der Waals surface area contributed by atoms with Gasteiger partial charge < -0.3 is 4.74 Å². The van der Waals surface area contributed by atoms with E-state index < -0.39 is 5.60 Å². The molecule has 3 unspecified atom stereocenters. The second kappa shape index (κ2) is 5.35. The maximum Gasteiger partial charge on any atom is 0.410 e. The maximum absolute atomic E-state index is 12.2. The molecule has 0 spiro atoms. The SMILES string of the molecule is CC(C)(C)OC(=O)N1C2CC1CN(C1CN=C(Br)C=N1)C2. The predicted octanol–water partition coefficient (Wildman–Crippen LogP) is 1.88. The first-order chi connectivity index (χ1) is 9.83. The van der Waals surface area contributed by atoms with Crippen LogP contribution in [0.4, 0.5) is 4.79 Å². The van der Waals surface area contributed by atoms with Gasteiger partial charge in [-0.25, -0.2) is 4.79 Å². The zero-order valence-electron chi connectivity index (χ0n) is 12.6. The number of carbonyl (C=O) groups is 1. The molecule has 0 aliphatic carbocycles. The summed E-state index contributed by atoms with van der Waals surface area (Å²) in [4.78, 5) is 25.3. The Labute approximate surface area is 133 Å². The molecule has 0 radical (unpaired) electrons. The Hall–Kier alpha value is -0.950. The van der Waals surface area contributed by atoms with Gasteiger partial charge in [0.1, 0.15) is 16.4 Å². The predicted molar refractivity (Wildman–Crippen MR) is 85.3 cm³/mol. The Morgan fingerprint density at radius 2 is 2.05 bits per heavy atom. The van der Waals surface area contributed by atoms with E-state index in [0.29, 0.717) is 6.54 Å². The highest BCUT2D eigenvalue weighted by atomic mass is 79.9. The van der Waals surface area contributed by atoms with Crippen molar-refractivity contribution < 1.29 is 9.53 Å². The van der Waals surface area contributed by atoms with Crippen molar-refractivity contribution in [3.8, 4) is 0 Å². The number of ether oxygens (including phenoxy) is 1. The van der Waals surface area contributed by atoms with E-state index in [1.54, 1.807) is 6.21 Å². The van der Waals surface area contributed by atoms with E-state index in [1.165, 1.54) is 0 Å². The van der Waals surface area contributed by atoms with Gasteiger partial charge >= 0.3 is 6.09 Å². The second-order valence-corrected chi connectivity index (χ2v) is 7.62. The summed E-state index contributed by atoms with van der Waals surface area (Å²) in [7, 11) is 0. The lowest BCUT2D eigenvalue weighted by Crippen LogP contribution is -2.71. The number of nitrogens with zero attached hydrogens (tertiary/aromatic N) is 4. The molecular weight excluding hydrogens is 336 g/mol. The fraction of sp³-hybridized carbons (Fsp3) is 0.786. The van der Waals surface area contributed by atoms with Crippen molar-refractivity contribution in [1.82, 2.24) is 9.80 Å². The minimum atomic E-state index is -0.435. The molecule has 3 atom stereocenters. The molecule has 6 nitrogen and oxygen atoms in total.